The molecule has 0 spiro atoms. The number of methoxy groups -OCH3 is 1. The lowest BCUT2D eigenvalue weighted by Crippen LogP contribution is -2.46. The van der Waals surface area contributed by atoms with Gasteiger partial charge in [-0.25, -0.2) is 0 Å². The highest BCUT2D eigenvalue weighted by Crippen LogP contribution is 2.33. The molecule has 0 bridgehead atoms. The molecule has 0 aromatic heterocycles. The Balaban J connectivity index is 1.15. The van der Waals surface area contributed by atoms with Crippen molar-refractivity contribution in [3.05, 3.63) is 64.1 Å². The molecule has 6 nitrogen and oxygen atoms in total. The number of nitrogens with one attached hydrogen (secondary N) is 2. The zero-order valence-corrected chi connectivity index (χ0v) is 21.9. The van der Waals surface area contributed by atoms with Gasteiger partial charge in [0.15, 0.2) is 0 Å². The predicted octanol–water partition coefficient (Wildman–Crippen LogP) is 4.67. The Morgan fingerprint density at radius 3 is 2.54 bits per heavy atom. The molecule has 2 heterocycles. The van der Waals surface area contributed by atoms with E-state index in [1.807, 2.05) is 55.5 Å². The second-order valence-electron chi connectivity index (χ2n) is 9.17. The van der Waals surface area contributed by atoms with E-state index in [4.69, 9.17) is 27.9 Å². The molecular weight excluding hydrogens is 483 g/mol. The van der Waals surface area contributed by atoms with Gasteiger partial charge in [0, 0.05) is 44.5 Å². The molecule has 2 N–H and O–H groups in total. The quantitative estimate of drug-likeness (QED) is 0.474. The summed E-state index contributed by atoms with van der Waals surface area (Å²) in [6.45, 7) is 7.66. The number of piperazine rings is 1. The highest BCUT2D eigenvalue weighted by atomic mass is 35.5. The number of nitrogens with zero attached hydrogens (tertiary/aromatic N) is 2. The first kappa shape index (κ1) is 25.7. The van der Waals surface area contributed by atoms with Gasteiger partial charge in [-0.3, -0.25) is 9.69 Å². The normalized spacial score (nSPS) is 20.3. The van der Waals surface area contributed by atoms with Crippen molar-refractivity contribution < 1.29 is 9.53 Å². The monoisotopic (exact) mass is 516 g/mol. The highest BCUT2D eigenvalue weighted by molar-refractivity contribution is 6.43. The van der Waals surface area contributed by atoms with Crippen LogP contribution in [0.15, 0.2) is 48.5 Å². The Hall–Kier alpha value is -2.41. The molecule has 188 valence electrons. The number of halogens is 2. The summed E-state index contributed by atoms with van der Waals surface area (Å²) in [5, 5.41) is 7.80. The number of rotatable bonds is 9. The van der Waals surface area contributed by atoms with Crippen molar-refractivity contribution in [1.29, 1.82) is 0 Å². The van der Waals surface area contributed by atoms with Crippen LogP contribution in [-0.2, 0) is 4.79 Å². The number of amides is 1. The number of ether oxygens (including phenoxy) is 1. The molecular formula is C27H34Cl2N4O2. The van der Waals surface area contributed by atoms with E-state index in [9.17, 15) is 4.79 Å². The Morgan fingerprint density at radius 2 is 1.83 bits per heavy atom. The summed E-state index contributed by atoms with van der Waals surface area (Å²) in [6, 6.07) is 13.7. The highest BCUT2D eigenvalue weighted by Gasteiger charge is 2.29. The number of carbonyl (C=O) groups excluding carboxylic acids is 1. The lowest BCUT2D eigenvalue weighted by molar-refractivity contribution is -0.123. The number of unbranched alkanes of at least 4 members (excludes halogenated alkanes) is 1. The molecule has 0 radical (unpaired) electrons. The van der Waals surface area contributed by atoms with Crippen LogP contribution < -0.4 is 20.3 Å². The van der Waals surface area contributed by atoms with Crippen LogP contribution >= 0.6 is 23.2 Å². The summed E-state index contributed by atoms with van der Waals surface area (Å²) in [6.07, 6.45) is 4.06. The van der Waals surface area contributed by atoms with Gasteiger partial charge in [-0.15, -0.1) is 0 Å². The molecule has 0 saturated carbocycles. The van der Waals surface area contributed by atoms with Gasteiger partial charge in [0.25, 0.3) is 0 Å². The van der Waals surface area contributed by atoms with Crippen molar-refractivity contribution in [1.82, 2.24) is 15.5 Å². The lowest BCUT2D eigenvalue weighted by Gasteiger charge is -2.36. The molecule has 1 saturated heterocycles. The fourth-order valence-corrected chi connectivity index (χ4v) is 5.11. The van der Waals surface area contributed by atoms with Crippen LogP contribution in [0, 0.1) is 5.92 Å². The maximum atomic E-state index is 12.8. The SMILES string of the molecule is COc1ccc(C2=CC(C(=O)NCCCCN3CCN(c4cccc(Cl)c4Cl)CC3)C(C)N2)cc1. The summed E-state index contributed by atoms with van der Waals surface area (Å²) in [5.74, 6) is 0.737. The Bertz CT molecular complexity index is 1040. The minimum Gasteiger partial charge on any atom is -0.497 e. The van der Waals surface area contributed by atoms with E-state index in [1.54, 1.807) is 7.11 Å². The Kier molecular flexibility index (Phi) is 8.82. The van der Waals surface area contributed by atoms with Crippen molar-refractivity contribution in [3.63, 3.8) is 0 Å². The largest absolute Gasteiger partial charge is 0.497 e. The average molecular weight is 518 g/mol. The van der Waals surface area contributed by atoms with Gasteiger partial charge in [-0.05, 0) is 74.3 Å². The molecule has 4 rings (SSSR count). The van der Waals surface area contributed by atoms with Crippen LogP contribution in [0.5, 0.6) is 5.75 Å². The van der Waals surface area contributed by atoms with E-state index in [2.05, 4.69) is 20.4 Å². The van der Waals surface area contributed by atoms with Crippen molar-refractivity contribution >= 4 is 40.5 Å². The lowest BCUT2D eigenvalue weighted by atomic mass is 10.0. The van der Waals surface area contributed by atoms with Gasteiger partial charge >= 0.3 is 0 Å². The molecule has 1 amide bonds. The summed E-state index contributed by atoms with van der Waals surface area (Å²) >= 11 is 12.5. The fourth-order valence-electron chi connectivity index (χ4n) is 4.70. The maximum absolute atomic E-state index is 12.8. The van der Waals surface area contributed by atoms with Gasteiger partial charge < -0.3 is 20.3 Å². The van der Waals surface area contributed by atoms with Gasteiger partial charge in [0.05, 0.1) is 28.8 Å². The summed E-state index contributed by atoms with van der Waals surface area (Å²) < 4.78 is 5.23. The van der Waals surface area contributed by atoms with Gasteiger partial charge in [-0.2, -0.15) is 0 Å². The third-order valence-corrected chi connectivity index (χ3v) is 7.63. The molecule has 35 heavy (non-hydrogen) atoms. The Labute approximate surface area is 218 Å². The first-order valence-corrected chi connectivity index (χ1v) is 13.0. The van der Waals surface area contributed by atoms with Crippen LogP contribution in [0.3, 0.4) is 0 Å². The zero-order valence-electron chi connectivity index (χ0n) is 20.4. The second kappa shape index (κ2) is 12.0. The van der Waals surface area contributed by atoms with E-state index < -0.39 is 0 Å². The number of carbonyl (C=O) groups is 1. The molecule has 2 aliphatic rings. The predicted molar refractivity (Wildman–Crippen MR) is 144 cm³/mol. The summed E-state index contributed by atoms with van der Waals surface area (Å²) in [5.41, 5.74) is 3.07. The molecule has 2 aromatic rings. The Morgan fingerprint density at radius 1 is 1.09 bits per heavy atom. The number of benzene rings is 2. The summed E-state index contributed by atoms with van der Waals surface area (Å²) in [7, 11) is 1.66. The van der Waals surface area contributed by atoms with Crippen molar-refractivity contribution in [2.45, 2.75) is 25.8 Å². The molecule has 0 aliphatic carbocycles. The van der Waals surface area contributed by atoms with E-state index in [1.165, 1.54) is 0 Å². The van der Waals surface area contributed by atoms with Crippen molar-refractivity contribution in [2.75, 3.05) is 51.3 Å². The fraction of sp³-hybridized carbons (Fsp3) is 0.444. The van der Waals surface area contributed by atoms with Crippen LogP contribution in [0.1, 0.15) is 25.3 Å². The van der Waals surface area contributed by atoms with Gasteiger partial charge in [0.2, 0.25) is 5.91 Å². The molecule has 2 aromatic carbocycles. The number of hydrogen-bond acceptors (Lipinski definition) is 5. The van der Waals surface area contributed by atoms with Crippen LogP contribution in [0.4, 0.5) is 5.69 Å². The first-order chi connectivity index (χ1) is 17.0. The van der Waals surface area contributed by atoms with E-state index >= 15 is 0 Å². The molecule has 8 heteroatoms. The molecule has 1 fully saturated rings. The average Bonchev–Trinajstić information content (AvgIpc) is 3.27. The molecule has 2 aliphatic heterocycles. The van der Waals surface area contributed by atoms with Crippen molar-refractivity contribution in [3.8, 4) is 5.75 Å². The zero-order chi connectivity index (χ0) is 24.8. The van der Waals surface area contributed by atoms with E-state index in [0.717, 1.165) is 68.3 Å². The molecule has 2 unspecified atom stereocenters. The van der Waals surface area contributed by atoms with Crippen LogP contribution in [-0.4, -0.2) is 63.2 Å². The standard InChI is InChI=1S/C27H34Cl2N4O2/c1-19-22(18-24(31-19)20-8-10-21(35-2)11-9-20)27(34)30-12-3-4-13-32-14-16-33(17-15-32)25-7-5-6-23(28)26(25)29/h5-11,18-19,22,31H,3-4,12-17H2,1-2H3,(H,30,34). The van der Waals surface area contributed by atoms with E-state index in [-0.39, 0.29) is 17.9 Å². The van der Waals surface area contributed by atoms with Gasteiger partial charge in [-0.1, -0.05) is 29.3 Å². The first-order valence-electron chi connectivity index (χ1n) is 12.3. The minimum absolute atomic E-state index is 0.0661. The smallest absolute Gasteiger partial charge is 0.229 e. The van der Waals surface area contributed by atoms with Crippen LogP contribution in [0.2, 0.25) is 10.0 Å². The van der Waals surface area contributed by atoms with Crippen molar-refractivity contribution in [2.24, 2.45) is 5.92 Å². The maximum Gasteiger partial charge on any atom is 0.229 e. The summed E-state index contributed by atoms with van der Waals surface area (Å²) in [4.78, 5) is 17.5. The van der Waals surface area contributed by atoms with Gasteiger partial charge in [0.1, 0.15) is 5.75 Å². The molecule has 2 atom stereocenters. The van der Waals surface area contributed by atoms with E-state index in [0.29, 0.717) is 16.6 Å². The minimum atomic E-state index is -0.168. The number of anilines is 1. The second-order valence-corrected chi connectivity index (χ2v) is 9.95. The third kappa shape index (κ3) is 6.43. The van der Waals surface area contributed by atoms with Crippen LogP contribution in [0.25, 0.3) is 5.70 Å². The topological polar surface area (TPSA) is 56.8 Å². The third-order valence-electron chi connectivity index (χ3n) is 6.82. The number of hydrogen-bond donors (Lipinski definition) is 2.